The second kappa shape index (κ2) is 25.7. The van der Waals surface area contributed by atoms with E-state index >= 15 is 0 Å². The van der Waals surface area contributed by atoms with Crippen molar-refractivity contribution in [3.05, 3.63) is 0 Å². The van der Waals surface area contributed by atoms with Crippen molar-refractivity contribution in [3.63, 3.8) is 0 Å². The predicted molar refractivity (Wildman–Crippen MR) is 179 cm³/mol. The minimum absolute atomic E-state index is 0. The maximum Gasteiger partial charge on any atom is 4.00 e. The Hall–Kier alpha value is 1.23. The minimum Gasteiger partial charge on any atom is -0.617 e. The van der Waals surface area contributed by atoms with Crippen molar-refractivity contribution in [1.82, 2.24) is 0 Å². The van der Waals surface area contributed by atoms with E-state index in [2.05, 4.69) is 55.4 Å². The van der Waals surface area contributed by atoms with E-state index in [0.717, 1.165) is 26.4 Å². The summed E-state index contributed by atoms with van der Waals surface area (Å²) < 4.78 is 9.89. The van der Waals surface area contributed by atoms with Crippen molar-refractivity contribution in [2.45, 2.75) is 158 Å². The van der Waals surface area contributed by atoms with Crippen molar-refractivity contribution in [2.24, 2.45) is 23.7 Å². The quantitative estimate of drug-likeness (QED) is 0.266. The van der Waals surface area contributed by atoms with Gasteiger partial charge in [-0.05, 0) is 25.7 Å². The first-order valence-electron chi connectivity index (χ1n) is 15.1. The molecular weight excluding hydrogens is 698 g/mol. The molecular formula is C32H68B4O2U. The summed E-state index contributed by atoms with van der Waals surface area (Å²) in [5.41, 5.74) is 0. The molecule has 12 radical (unpaired) electrons. The van der Waals surface area contributed by atoms with Crippen LogP contribution in [-0.4, -0.2) is 57.8 Å². The third-order valence-corrected chi connectivity index (χ3v) is 7.61. The largest absolute Gasteiger partial charge is 4.00 e. The second-order valence-electron chi connectivity index (χ2n) is 14.5. The Bertz CT molecular complexity index is 393. The summed E-state index contributed by atoms with van der Waals surface area (Å²) in [6.07, 6.45) is 5.11. The molecule has 0 aromatic rings. The molecule has 0 aromatic heterocycles. The fraction of sp³-hybridized carbons (Fsp3) is 1.00. The van der Waals surface area contributed by atoms with Crippen LogP contribution in [0, 0.1) is 54.8 Å². The molecule has 2 rings (SSSR count). The summed E-state index contributed by atoms with van der Waals surface area (Å²) in [6.45, 7) is 37.3. The Kier molecular flexibility index (Phi) is 32.9. The zero-order chi connectivity index (χ0) is 31.4. The molecule has 2 fully saturated rings. The van der Waals surface area contributed by atoms with Gasteiger partial charge in [-0.15, -0.1) is 0 Å². The molecule has 39 heavy (non-hydrogen) atoms. The summed E-state index contributed by atoms with van der Waals surface area (Å²) in [5, 5.41) is 0.000000000000000888. The van der Waals surface area contributed by atoms with Gasteiger partial charge in [-0.1, -0.05) is 134 Å². The van der Waals surface area contributed by atoms with E-state index in [1.807, 2.05) is 55.4 Å². The van der Waals surface area contributed by atoms with E-state index in [0.29, 0.717) is 23.7 Å². The normalized spacial score (nSPS) is 15.4. The Labute approximate surface area is 278 Å². The first kappa shape index (κ1) is 49.9. The zero-order valence-electron chi connectivity index (χ0n) is 29.6. The van der Waals surface area contributed by atoms with Crippen LogP contribution in [0.3, 0.4) is 0 Å². The van der Waals surface area contributed by atoms with E-state index in [9.17, 15) is 0 Å². The molecule has 0 aliphatic carbocycles. The van der Waals surface area contributed by atoms with Gasteiger partial charge in [-0.25, -0.2) is 0 Å². The van der Waals surface area contributed by atoms with Crippen LogP contribution in [-0.2, 0) is 9.47 Å². The zero-order valence-corrected chi connectivity index (χ0v) is 33.8. The van der Waals surface area contributed by atoms with E-state index in [-0.39, 0.29) is 52.4 Å². The van der Waals surface area contributed by atoms with E-state index < -0.39 is 0 Å². The van der Waals surface area contributed by atoms with Gasteiger partial charge in [-0.3, -0.25) is 21.3 Å². The number of hydrogen-bond acceptors (Lipinski definition) is 2. The molecule has 0 amide bonds. The van der Waals surface area contributed by atoms with Crippen molar-refractivity contribution in [3.8, 4) is 0 Å². The van der Waals surface area contributed by atoms with Crippen molar-refractivity contribution < 1.29 is 40.6 Å². The number of rotatable bonds is 4. The van der Waals surface area contributed by atoms with Gasteiger partial charge in [0.05, 0.1) is 0 Å². The standard InChI is InChI=1S/4C6H13B.2C4H8O.U/c4*1-5(2)6(3,4)7;2*1-2-4-5-3-1;/h4*5H,1-4H3;2*1-4H2;/q4*-1;;;+4. The SMILES string of the molecule is C1CCOC1.C1CCOC1.[B-]C(C)(C)C(C)C.[B-]C(C)(C)C(C)C.[B-]C(C)(C)C(C)C.[B-]C(C)(C)C(C)C.[U+4]. The average molecular weight is 766 g/mol. The fourth-order valence-electron chi connectivity index (χ4n) is 1.02. The third kappa shape index (κ3) is 43.8. The molecule has 0 aromatic carbocycles. The van der Waals surface area contributed by atoms with E-state index in [4.69, 9.17) is 40.9 Å². The molecule has 0 N–H and O–H groups in total. The van der Waals surface area contributed by atoms with Crippen LogP contribution in [0.5, 0.6) is 0 Å². The molecule has 0 saturated carbocycles. The molecule has 0 unspecified atom stereocenters. The van der Waals surface area contributed by atoms with E-state index in [1.54, 1.807) is 0 Å². The van der Waals surface area contributed by atoms with Gasteiger partial charge in [0.25, 0.3) is 0 Å². The molecule has 2 aliphatic rings. The summed E-state index contributed by atoms with van der Waals surface area (Å²) in [4.78, 5) is 0. The number of hydrogen-bond donors (Lipinski definition) is 0. The summed E-state index contributed by atoms with van der Waals surface area (Å²) in [7, 11) is 22.7. The number of ether oxygens (including phenoxy) is 2. The van der Waals surface area contributed by atoms with Gasteiger partial charge >= 0.3 is 31.1 Å². The molecule has 2 nitrogen and oxygen atoms in total. The van der Waals surface area contributed by atoms with Gasteiger partial charge in [0.15, 0.2) is 0 Å². The fourth-order valence-corrected chi connectivity index (χ4v) is 1.02. The van der Waals surface area contributed by atoms with Gasteiger partial charge in [0.2, 0.25) is 0 Å². The second-order valence-corrected chi connectivity index (χ2v) is 14.5. The molecule has 2 aliphatic heterocycles. The van der Waals surface area contributed by atoms with Crippen LogP contribution in [0.4, 0.5) is 0 Å². The van der Waals surface area contributed by atoms with Crippen LogP contribution in [0.1, 0.15) is 136 Å². The molecule has 0 atom stereocenters. The topological polar surface area (TPSA) is 18.5 Å². The first-order valence-corrected chi connectivity index (χ1v) is 15.1. The van der Waals surface area contributed by atoms with E-state index in [1.165, 1.54) is 25.7 Å². The summed E-state index contributed by atoms with van der Waals surface area (Å²) in [6, 6.07) is 0. The van der Waals surface area contributed by atoms with Crippen LogP contribution in [0.15, 0.2) is 0 Å². The van der Waals surface area contributed by atoms with Crippen LogP contribution in [0.25, 0.3) is 0 Å². The van der Waals surface area contributed by atoms with Crippen molar-refractivity contribution in [1.29, 1.82) is 0 Å². The van der Waals surface area contributed by atoms with Crippen molar-refractivity contribution in [2.75, 3.05) is 26.4 Å². The first-order chi connectivity index (χ1) is 16.8. The maximum absolute atomic E-state index is 5.68. The maximum atomic E-state index is 5.68. The molecule has 0 bridgehead atoms. The summed E-state index contributed by atoms with van der Waals surface area (Å²) in [5.74, 6) is 2.31. The summed E-state index contributed by atoms with van der Waals surface area (Å²) >= 11 is 0. The monoisotopic (exact) mass is 767 g/mol. The van der Waals surface area contributed by atoms with Gasteiger partial charge < -0.3 is 40.9 Å². The Balaban J connectivity index is -0.000000118. The van der Waals surface area contributed by atoms with Crippen LogP contribution >= 0.6 is 0 Å². The van der Waals surface area contributed by atoms with Crippen LogP contribution < -0.4 is 0 Å². The molecule has 0 spiro atoms. The van der Waals surface area contributed by atoms with Gasteiger partial charge in [0.1, 0.15) is 0 Å². The van der Waals surface area contributed by atoms with Crippen LogP contribution in [0.2, 0.25) is 21.3 Å². The minimum atomic E-state index is 0. The van der Waals surface area contributed by atoms with Gasteiger partial charge in [-0.2, -0.15) is 0 Å². The third-order valence-electron chi connectivity index (χ3n) is 7.61. The molecule has 2 saturated heterocycles. The smallest absolute Gasteiger partial charge is 0.617 e. The molecule has 224 valence electrons. The Morgan fingerprint density at radius 2 is 0.487 bits per heavy atom. The van der Waals surface area contributed by atoms with Gasteiger partial charge in [0, 0.05) is 26.4 Å². The predicted octanol–water partition coefficient (Wildman–Crippen LogP) is 9.63. The Morgan fingerprint density at radius 3 is 0.513 bits per heavy atom. The Morgan fingerprint density at radius 1 is 0.385 bits per heavy atom. The molecule has 2 heterocycles. The molecule has 7 heteroatoms. The average Bonchev–Trinajstić information content (AvgIpc) is 3.45. The van der Waals surface area contributed by atoms with Crippen molar-refractivity contribution >= 4 is 31.4 Å².